The summed E-state index contributed by atoms with van der Waals surface area (Å²) in [5.41, 5.74) is 0. The normalized spacial score (nSPS) is 27.4. The van der Waals surface area contributed by atoms with Crippen LogP contribution in [0.3, 0.4) is 0 Å². The van der Waals surface area contributed by atoms with Gasteiger partial charge in [0.25, 0.3) is 0 Å². The third kappa shape index (κ3) is 5.01. The Bertz CT molecular complexity index is 213. The number of rotatable bonds is 4. The molecule has 0 amide bonds. The van der Waals surface area contributed by atoms with Crippen LogP contribution in [-0.4, -0.2) is 42.3 Å². The summed E-state index contributed by atoms with van der Waals surface area (Å²) in [6.07, 6.45) is -0.0364. The highest BCUT2D eigenvalue weighted by Crippen LogP contribution is 2.27. The molecule has 2 atom stereocenters. The van der Waals surface area contributed by atoms with E-state index in [9.17, 15) is 13.2 Å². The molecule has 16 heavy (non-hydrogen) atoms. The molecule has 0 heterocycles. The molecule has 0 saturated heterocycles. The van der Waals surface area contributed by atoms with Crippen LogP contribution in [0.2, 0.25) is 0 Å². The van der Waals surface area contributed by atoms with Crippen LogP contribution < -0.4 is 0 Å². The van der Waals surface area contributed by atoms with E-state index in [4.69, 9.17) is 0 Å². The predicted octanol–water partition coefficient (Wildman–Crippen LogP) is 3.16. The Hall–Kier alpha value is 0.190. The number of nitrogens with zero attached hydrogens (tertiary/aromatic N) is 1. The molecule has 2 nitrogen and oxygen atoms in total. The average Bonchev–Trinajstić information content (AvgIpc) is 2.16. The van der Waals surface area contributed by atoms with Gasteiger partial charge in [-0.15, -0.1) is 13.2 Å². The minimum Gasteiger partial charge on any atom is -0.300 e. The predicted molar refractivity (Wildman–Crippen MR) is 59.6 cm³/mol. The summed E-state index contributed by atoms with van der Waals surface area (Å²) in [7, 11) is 1.85. The van der Waals surface area contributed by atoms with E-state index in [0.717, 1.165) is 19.3 Å². The Morgan fingerprint density at radius 3 is 2.50 bits per heavy atom. The fraction of sp³-hybridized carbons (Fsp3) is 1.00. The molecule has 0 radical (unpaired) electrons. The van der Waals surface area contributed by atoms with Crippen LogP contribution in [0.25, 0.3) is 0 Å². The Labute approximate surface area is 102 Å². The molecule has 0 aromatic heterocycles. The summed E-state index contributed by atoms with van der Waals surface area (Å²) in [6, 6.07) is 0.325. The monoisotopic (exact) mass is 303 g/mol. The second-order valence-corrected chi connectivity index (χ2v) is 5.32. The fourth-order valence-electron chi connectivity index (χ4n) is 2.03. The molecule has 0 bridgehead atoms. The van der Waals surface area contributed by atoms with Crippen molar-refractivity contribution < 1.29 is 17.9 Å². The number of hydrogen-bond donors (Lipinski definition) is 0. The van der Waals surface area contributed by atoms with E-state index in [1.165, 1.54) is 6.42 Å². The van der Waals surface area contributed by atoms with Gasteiger partial charge < -0.3 is 4.90 Å². The van der Waals surface area contributed by atoms with Crippen molar-refractivity contribution in [2.24, 2.45) is 0 Å². The fourth-order valence-corrected chi connectivity index (χ4v) is 3.03. The summed E-state index contributed by atoms with van der Waals surface area (Å²) in [4.78, 5) is 2.33. The zero-order chi connectivity index (χ0) is 12.2. The zero-order valence-corrected chi connectivity index (χ0v) is 10.9. The molecule has 1 aliphatic carbocycles. The highest BCUT2D eigenvalue weighted by molar-refractivity contribution is 9.09. The minimum atomic E-state index is -4.51. The molecule has 1 saturated carbocycles. The standard InChI is InChI=1S/C10H17BrF3NO/c1-15(6-7-16-10(12,13)14)9-5-3-2-4-8(9)11/h8-9H,2-7H2,1H3. The van der Waals surface area contributed by atoms with E-state index in [2.05, 4.69) is 20.7 Å². The van der Waals surface area contributed by atoms with Crippen molar-refractivity contribution in [2.45, 2.75) is 42.9 Å². The molecule has 1 aliphatic rings. The van der Waals surface area contributed by atoms with E-state index in [0.29, 0.717) is 17.4 Å². The van der Waals surface area contributed by atoms with Gasteiger partial charge in [0.2, 0.25) is 0 Å². The molecule has 0 aromatic carbocycles. The van der Waals surface area contributed by atoms with Gasteiger partial charge in [0.05, 0.1) is 6.61 Å². The summed E-state index contributed by atoms with van der Waals surface area (Å²) in [5, 5.41) is 0. The summed E-state index contributed by atoms with van der Waals surface area (Å²) in [6.45, 7) is 0.0164. The lowest BCUT2D eigenvalue weighted by Gasteiger charge is -2.35. The smallest absolute Gasteiger partial charge is 0.300 e. The van der Waals surface area contributed by atoms with Gasteiger partial charge in [0.1, 0.15) is 0 Å². The SMILES string of the molecule is CN(CCOC(F)(F)F)C1CCCCC1Br. The van der Waals surface area contributed by atoms with Crippen LogP contribution in [0.4, 0.5) is 13.2 Å². The lowest BCUT2D eigenvalue weighted by molar-refractivity contribution is -0.325. The van der Waals surface area contributed by atoms with E-state index in [1.54, 1.807) is 0 Å². The van der Waals surface area contributed by atoms with Gasteiger partial charge in [0.15, 0.2) is 0 Å². The summed E-state index contributed by atoms with van der Waals surface area (Å²) < 4.78 is 39.1. The second kappa shape index (κ2) is 6.21. The van der Waals surface area contributed by atoms with Gasteiger partial charge in [0, 0.05) is 17.4 Å². The largest absolute Gasteiger partial charge is 0.522 e. The first-order valence-electron chi connectivity index (χ1n) is 5.45. The first-order chi connectivity index (χ1) is 7.40. The maximum absolute atomic E-state index is 11.8. The lowest BCUT2D eigenvalue weighted by Crippen LogP contribution is -2.42. The molecule has 1 rings (SSSR count). The lowest BCUT2D eigenvalue weighted by atomic mass is 9.94. The molecule has 0 aromatic rings. The summed E-state index contributed by atoms with van der Waals surface area (Å²) in [5.74, 6) is 0. The van der Waals surface area contributed by atoms with Gasteiger partial charge in [-0.25, -0.2) is 0 Å². The molecular formula is C10H17BrF3NO. The highest BCUT2D eigenvalue weighted by atomic mass is 79.9. The van der Waals surface area contributed by atoms with Crippen LogP contribution in [0.5, 0.6) is 0 Å². The van der Waals surface area contributed by atoms with Crippen LogP contribution in [0.1, 0.15) is 25.7 Å². The Kier molecular flexibility index (Phi) is 5.53. The van der Waals surface area contributed by atoms with Gasteiger partial charge in [-0.1, -0.05) is 28.8 Å². The van der Waals surface area contributed by atoms with Crippen molar-refractivity contribution in [3.05, 3.63) is 0 Å². The van der Waals surface area contributed by atoms with Crippen molar-refractivity contribution in [1.29, 1.82) is 0 Å². The van der Waals surface area contributed by atoms with E-state index in [1.807, 2.05) is 11.9 Å². The molecule has 96 valence electrons. The van der Waals surface area contributed by atoms with Gasteiger partial charge in [-0.05, 0) is 19.9 Å². The number of likely N-dealkylation sites (N-methyl/N-ethyl adjacent to an activating group) is 1. The first-order valence-corrected chi connectivity index (χ1v) is 6.37. The average molecular weight is 304 g/mol. The third-order valence-electron chi connectivity index (χ3n) is 2.92. The maximum atomic E-state index is 11.8. The molecule has 2 unspecified atom stereocenters. The third-order valence-corrected chi connectivity index (χ3v) is 3.99. The van der Waals surface area contributed by atoms with Crippen molar-refractivity contribution in [3.63, 3.8) is 0 Å². The van der Waals surface area contributed by atoms with Crippen LogP contribution >= 0.6 is 15.9 Å². The minimum absolute atomic E-state index is 0.295. The van der Waals surface area contributed by atoms with Gasteiger partial charge >= 0.3 is 6.36 Å². The molecule has 0 N–H and O–H groups in total. The second-order valence-electron chi connectivity index (χ2n) is 4.14. The quantitative estimate of drug-likeness (QED) is 0.740. The van der Waals surface area contributed by atoms with E-state index in [-0.39, 0.29) is 6.61 Å². The van der Waals surface area contributed by atoms with Crippen LogP contribution in [-0.2, 0) is 4.74 Å². The Morgan fingerprint density at radius 2 is 1.94 bits per heavy atom. The zero-order valence-electron chi connectivity index (χ0n) is 9.26. The highest BCUT2D eigenvalue weighted by Gasteiger charge is 2.30. The van der Waals surface area contributed by atoms with E-state index < -0.39 is 6.36 Å². The van der Waals surface area contributed by atoms with Gasteiger partial charge in [-0.3, -0.25) is 4.74 Å². The number of halogens is 4. The van der Waals surface area contributed by atoms with Crippen molar-refractivity contribution in [1.82, 2.24) is 4.90 Å². The van der Waals surface area contributed by atoms with Gasteiger partial charge in [-0.2, -0.15) is 0 Å². The van der Waals surface area contributed by atoms with E-state index >= 15 is 0 Å². The Balaban J connectivity index is 2.25. The molecular weight excluding hydrogens is 287 g/mol. The number of alkyl halides is 4. The first kappa shape index (κ1) is 14.3. The topological polar surface area (TPSA) is 12.5 Å². The number of ether oxygens (including phenoxy) is 1. The summed E-state index contributed by atoms with van der Waals surface area (Å²) >= 11 is 3.58. The Morgan fingerprint density at radius 1 is 1.31 bits per heavy atom. The maximum Gasteiger partial charge on any atom is 0.522 e. The molecule has 0 aliphatic heterocycles. The van der Waals surface area contributed by atoms with Crippen molar-refractivity contribution in [3.8, 4) is 0 Å². The molecule has 6 heteroatoms. The van der Waals surface area contributed by atoms with Crippen molar-refractivity contribution >= 4 is 15.9 Å². The van der Waals surface area contributed by atoms with Crippen LogP contribution in [0.15, 0.2) is 0 Å². The number of hydrogen-bond acceptors (Lipinski definition) is 2. The van der Waals surface area contributed by atoms with Crippen molar-refractivity contribution in [2.75, 3.05) is 20.2 Å². The molecule has 0 spiro atoms. The molecule has 1 fully saturated rings. The van der Waals surface area contributed by atoms with Crippen LogP contribution in [0, 0.1) is 0 Å².